The summed E-state index contributed by atoms with van der Waals surface area (Å²) in [6.07, 6.45) is -4.74. The molecule has 0 aliphatic carbocycles. The molecule has 0 saturated carbocycles. The molecule has 0 fully saturated rings. The van der Waals surface area contributed by atoms with Crippen LogP contribution in [0.5, 0.6) is 0 Å². The summed E-state index contributed by atoms with van der Waals surface area (Å²) in [5.74, 6) is 0. The first-order valence-electron chi connectivity index (χ1n) is 4.15. The zero-order valence-electron chi connectivity index (χ0n) is 8.08. The molecule has 0 saturated heterocycles. The fourth-order valence-corrected chi connectivity index (χ4v) is 1.87. The number of nitro benzene ring substituents is 1. The summed E-state index contributed by atoms with van der Waals surface area (Å²) in [6, 6.07) is 2.89. The van der Waals surface area contributed by atoms with E-state index >= 15 is 0 Å². The number of nitrogens with zero attached hydrogens (tertiary/aromatic N) is 2. The summed E-state index contributed by atoms with van der Waals surface area (Å²) in [5, 5.41) is 18.9. The summed E-state index contributed by atoms with van der Waals surface area (Å²) in [4.78, 5) is 9.70. The summed E-state index contributed by atoms with van der Waals surface area (Å²) in [7, 11) is 0. The molecule has 0 atom stereocenters. The molecule has 1 aromatic rings. The Morgan fingerprint density at radius 1 is 1.47 bits per heavy atom. The van der Waals surface area contributed by atoms with Crippen LogP contribution in [-0.4, -0.2) is 4.92 Å². The van der Waals surface area contributed by atoms with E-state index in [2.05, 4.69) is 15.9 Å². The Labute approximate surface area is 102 Å². The predicted molar refractivity (Wildman–Crippen MR) is 55.4 cm³/mol. The molecule has 0 aromatic heterocycles. The fraction of sp³-hybridized carbons (Fsp3) is 0.222. The minimum Gasteiger partial charge on any atom is -0.258 e. The molecule has 0 bridgehead atoms. The van der Waals surface area contributed by atoms with Crippen molar-refractivity contribution >= 4 is 21.6 Å². The predicted octanol–water partition coefficient (Wildman–Crippen LogP) is 3.38. The molecule has 0 aliphatic rings. The van der Waals surface area contributed by atoms with Gasteiger partial charge in [0.15, 0.2) is 0 Å². The normalized spacial score (nSPS) is 11.0. The van der Waals surface area contributed by atoms with E-state index in [9.17, 15) is 23.3 Å². The lowest BCUT2D eigenvalue weighted by molar-refractivity contribution is -0.385. The summed E-state index contributed by atoms with van der Waals surface area (Å²) >= 11 is 2.78. The lowest BCUT2D eigenvalue weighted by Crippen LogP contribution is -2.11. The van der Waals surface area contributed by atoms with Gasteiger partial charge in [-0.3, -0.25) is 10.1 Å². The number of nitro groups is 1. The molecule has 0 heterocycles. The number of halogens is 4. The first-order chi connectivity index (χ1) is 7.81. The molecule has 0 N–H and O–H groups in total. The van der Waals surface area contributed by atoms with Crippen LogP contribution in [0.3, 0.4) is 0 Å². The number of nitriles is 1. The topological polar surface area (TPSA) is 66.9 Å². The molecule has 0 aliphatic heterocycles. The van der Waals surface area contributed by atoms with Crippen LogP contribution in [0.1, 0.15) is 16.7 Å². The van der Waals surface area contributed by atoms with Gasteiger partial charge in [-0.05, 0) is 6.07 Å². The molecule has 4 nitrogen and oxygen atoms in total. The van der Waals surface area contributed by atoms with E-state index in [4.69, 9.17) is 5.26 Å². The molecule has 8 heteroatoms. The van der Waals surface area contributed by atoms with Crippen LogP contribution in [0.2, 0.25) is 0 Å². The lowest BCUT2D eigenvalue weighted by atomic mass is 10.0. The van der Waals surface area contributed by atoms with E-state index in [1.54, 1.807) is 0 Å². The van der Waals surface area contributed by atoms with Gasteiger partial charge in [0.05, 0.1) is 27.7 Å². The van der Waals surface area contributed by atoms with Crippen molar-refractivity contribution in [1.29, 1.82) is 5.26 Å². The summed E-state index contributed by atoms with van der Waals surface area (Å²) in [5.41, 5.74) is -2.76. The van der Waals surface area contributed by atoms with Crippen LogP contribution in [0.15, 0.2) is 12.1 Å². The van der Waals surface area contributed by atoms with Gasteiger partial charge >= 0.3 is 6.18 Å². The molecule has 1 rings (SSSR count). The molecule has 17 heavy (non-hydrogen) atoms. The summed E-state index contributed by atoms with van der Waals surface area (Å²) in [6.45, 7) is 0. The van der Waals surface area contributed by atoms with Crippen LogP contribution >= 0.6 is 15.9 Å². The van der Waals surface area contributed by atoms with Crippen molar-refractivity contribution in [2.75, 3.05) is 0 Å². The Kier molecular flexibility index (Phi) is 3.72. The number of rotatable bonds is 2. The highest BCUT2D eigenvalue weighted by atomic mass is 79.9. The van der Waals surface area contributed by atoms with E-state index in [1.165, 1.54) is 6.07 Å². The van der Waals surface area contributed by atoms with Gasteiger partial charge in [-0.1, -0.05) is 15.9 Å². The van der Waals surface area contributed by atoms with E-state index in [-0.39, 0.29) is 5.33 Å². The van der Waals surface area contributed by atoms with Crippen LogP contribution in [0.25, 0.3) is 0 Å². The van der Waals surface area contributed by atoms with Gasteiger partial charge in [0.1, 0.15) is 0 Å². The van der Waals surface area contributed by atoms with Gasteiger partial charge in [-0.25, -0.2) is 0 Å². The Morgan fingerprint density at radius 2 is 2.06 bits per heavy atom. The van der Waals surface area contributed by atoms with Crippen LogP contribution < -0.4 is 0 Å². The SMILES string of the molecule is N#Cc1cc([N+](=O)[O-])c(CBr)c(C(F)(F)F)c1. The van der Waals surface area contributed by atoms with Crippen molar-refractivity contribution < 1.29 is 18.1 Å². The van der Waals surface area contributed by atoms with E-state index in [0.29, 0.717) is 6.07 Å². The third-order valence-corrected chi connectivity index (χ3v) is 2.55. The smallest absolute Gasteiger partial charge is 0.258 e. The zero-order valence-corrected chi connectivity index (χ0v) is 9.67. The number of hydrogen-bond donors (Lipinski definition) is 0. The molecule has 0 radical (unpaired) electrons. The van der Waals surface area contributed by atoms with Gasteiger partial charge in [0.25, 0.3) is 5.69 Å². The first kappa shape index (κ1) is 13.4. The number of benzene rings is 1. The minimum atomic E-state index is -4.74. The molecular formula is C9H4BrF3N2O2. The highest BCUT2D eigenvalue weighted by Gasteiger charge is 2.37. The first-order valence-corrected chi connectivity index (χ1v) is 5.28. The molecule has 0 spiro atoms. The van der Waals surface area contributed by atoms with Gasteiger partial charge in [-0.15, -0.1) is 0 Å². The van der Waals surface area contributed by atoms with Crippen molar-refractivity contribution in [3.8, 4) is 6.07 Å². The van der Waals surface area contributed by atoms with Crippen LogP contribution in [0, 0.1) is 21.4 Å². The lowest BCUT2D eigenvalue weighted by Gasteiger charge is -2.11. The maximum absolute atomic E-state index is 12.6. The van der Waals surface area contributed by atoms with Crippen LogP contribution in [0.4, 0.5) is 18.9 Å². The quantitative estimate of drug-likeness (QED) is 0.478. The van der Waals surface area contributed by atoms with Gasteiger partial charge < -0.3 is 0 Å². The second-order valence-corrected chi connectivity index (χ2v) is 3.58. The zero-order chi connectivity index (χ0) is 13.2. The average Bonchev–Trinajstić information content (AvgIpc) is 2.25. The van der Waals surface area contributed by atoms with Gasteiger partial charge in [0.2, 0.25) is 0 Å². The molecular weight excluding hydrogens is 305 g/mol. The second-order valence-electron chi connectivity index (χ2n) is 3.02. The van der Waals surface area contributed by atoms with Crippen molar-refractivity contribution in [2.45, 2.75) is 11.5 Å². The highest BCUT2D eigenvalue weighted by Crippen LogP contribution is 2.37. The highest BCUT2D eigenvalue weighted by molar-refractivity contribution is 9.08. The van der Waals surface area contributed by atoms with Gasteiger partial charge in [-0.2, -0.15) is 18.4 Å². The van der Waals surface area contributed by atoms with Gasteiger partial charge in [0, 0.05) is 11.4 Å². The second kappa shape index (κ2) is 4.71. The summed E-state index contributed by atoms with van der Waals surface area (Å²) < 4.78 is 37.9. The Balaban J connectivity index is 3.64. The molecule has 0 amide bonds. The Morgan fingerprint density at radius 3 is 2.41 bits per heavy atom. The Hall–Kier alpha value is -1.62. The monoisotopic (exact) mass is 308 g/mol. The third-order valence-electron chi connectivity index (χ3n) is 1.99. The molecule has 90 valence electrons. The van der Waals surface area contributed by atoms with E-state index in [0.717, 1.165) is 6.07 Å². The maximum atomic E-state index is 12.6. The molecule has 0 unspecified atom stereocenters. The van der Waals surface area contributed by atoms with Crippen molar-refractivity contribution in [3.63, 3.8) is 0 Å². The number of hydrogen-bond acceptors (Lipinski definition) is 3. The third kappa shape index (κ3) is 2.74. The van der Waals surface area contributed by atoms with Crippen molar-refractivity contribution in [1.82, 2.24) is 0 Å². The van der Waals surface area contributed by atoms with Crippen LogP contribution in [-0.2, 0) is 11.5 Å². The number of alkyl halides is 4. The minimum absolute atomic E-state index is 0.316. The maximum Gasteiger partial charge on any atom is 0.417 e. The standard InChI is InChI=1S/C9H4BrF3N2O2/c10-3-6-7(9(11,12)13)1-5(4-14)2-8(6)15(16)17/h1-2H,3H2. The fourth-order valence-electron chi connectivity index (χ4n) is 1.28. The average molecular weight is 309 g/mol. The van der Waals surface area contributed by atoms with E-state index < -0.39 is 33.5 Å². The largest absolute Gasteiger partial charge is 0.417 e. The molecule has 1 aromatic carbocycles. The Bertz CT molecular complexity index is 508. The van der Waals surface area contributed by atoms with E-state index in [1.807, 2.05) is 0 Å². The van der Waals surface area contributed by atoms with Crippen molar-refractivity contribution in [3.05, 3.63) is 38.9 Å². The van der Waals surface area contributed by atoms with Crippen molar-refractivity contribution in [2.24, 2.45) is 0 Å².